The van der Waals surface area contributed by atoms with E-state index in [1.807, 2.05) is 6.92 Å². The maximum absolute atomic E-state index is 11.1. The quantitative estimate of drug-likeness (QED) is 0.769. The molecule has 0 saturated carbocycles. The van der Waals surface area contributed by atoms with Gasteiger partial charge in [-0.15, -0.1) is 0 Å². The molecular weight excluding hydrogens is 214 g/mol. The van der Waals surface area contributed by atoms with Crippen LogP contribution in [-0.4, -0.2) is 19.1 Å². The Kier molecular flexibility index (Phi) is 5.70. The number of esters is 1. The molecule has 0 aliphatic rings. The topological polar surface area (TPSA) is 38.3 Å². The number of hydrogen-bond donors (Lipinski definition) is 1. The van der Waals surface area contributed by atoms with Gasteiger partial charge in [0.15, 0.2) is 0 Å². The van der Waals surface area contributed by atoms with Crippen LogP contribution in [0.4, 0.5) is 0 Å². The molecule has 3 nitrogen and oxygen atoms in total. The number of hydrogen-bond acceptors (Lipinski definition) is 3. The van der Waals surface area contributed by atoms with E-state index in [1.54, 1.807) is 0 Å². The molecule has 1 rings (SSSR count). The standard InChI is InChI=1S/C14H21NO2/c1-4-12-5-7-13(8-6-12)10-15-11(2)9-14(16)17-3/h5-8,11,15H,4,9-10H2,1-3H3. The van der Waals surface area contributed by atoms with Crippen molar-refractivity contribution in [1.82, 2.24) is 5.32 Å². The average molecular weight is 235 g/mol. The van der Waals surface area contributed by atoms with E-state index in [0.717, 1.165) is 13.0 Å². The third-order valence-electron chi connectivity index (χ3n) is 2.79. The van der Waals surface area contributed by atoms with Crippen LogP contribution in [0.2, 0.25) is 0 Å². The molecule has 0 saturated heterocycles. The lowest BCUT2D eigenvalue weighted by Crippen LogP contribution is -2.28. The summed E-state index contributed by atoms with van der Waals surface area (Å²) in [5.41, 5.74) is 2.58. The van der Waals surface area contributed by atoms with Crippen molar-refractivity contribution in [3.8, 4) is 0 Å². The molecule has 0 fully saturated rings. The van der Waals surface area contributed by atoms with Crippen LogP contribution >= 0.6 is 0 Å². The van der Waals surface area contributed by atoms with Crippen LogP contribution in [0.5, 0.6) is 0 Å². The van der Waals surface area contributed by atoms with E-state index in [1.165, 1.54) is 18.2 Å². The zero-order chi connectivity index (χ0) is 12.7. The van der Waals surface area contributed by atoms with Gasteiger partial charge in [-0.05, 0) is 24.5 Å². The number of ether oxygens (including phenoxy) is 1. The maximum atomic E-state index is 11.1. The minimum atomic E-state index is -0.175. The first-order valence-electron chi connectivity index (χ1n) is 6.03. The Hall–Kier alpha value is -1.35. The summed E-state index contributed by atoms with van der Waals surface area (Å²) in [5.74, 6) is -0.175. The van der Waals surface area contributed by atoms with E-state index >= 15 is 0 Å². The van der Waals surface area contributed by atoms with Crippen molar-refractivity contribution >= 4 is 5.97 Å². The highest BCUT2D eigenvalue weighted by Crippen LogP contribution is 2.05. The van der Waals surface area contributed by atoms with E-state index in [2.05, 4.69) is 41.2 Å². The van der Waals surface area contributed by atoms with Gasteiger partial charge in [-0.25, -0.2) is 0 Å². The molecule has 1 aromatic rings. The molecule has 0 amide bonds. The smallest absolute Gasteiger partial charge is 0.307 e. The van der Waals surface area contributed by atoms with Crippen molar-refractivity contribution in [1.29, 1.82) is 0 Å². The van der Waals surface area contributed by atoms with Gasteiger partial charge in [-0.1, -0.05) is 31.2 Å². The van der Waals surface area contributed by atoms with Gasteiger partial charge in [-0.3, -0.25) is 4.79 Å². The summed E-state index contributed by atoms with van der Waals surface area (Å²) in [4.78, 5) is 11.1. The second kappa shape index (κ2) is 7.07. The van der Waals surface area contributed by atoms with Gasteiger partial charge in [0.25, 0.3) is 0 Å². The van der Waals surface area contributed by atoms with Crippen molar-refractivity contribution in [2.24, 2.45) is 0 Å². The summed E-state index contributed by atoms with van der Waals surface area (Å²) < 4.78 is 4.62. The largest absolute Gasteiger partial charge is 0.469 e. The predicted molar refractivity (Wildman–Crippen MR) is 68.8 cm³/mol. The van der Waals surface area contributed by atoms with E-state index < -0.39 is 0 Å². The highest BCUT2D eigenvalue weighted by Gasteiger charge is 2.07. The molecule has 0 aliphatic carbocycles. The summed E-state index contributed by atoms with van der Waals surface area (Å²) in [6.45, 7) is 4.91. The first-order chi connectivity index (χ1) is 8.15. The summed E-state index contributed by atoms with van der Waals surface area (Å²) >= 11 is 0. The van der Waals surface area contributed by atoms with Crippen molar-refractivity contribution in [2.75, 3.05) is 7.11 Å². The summed E-state index contributed by atoms with van der Waals surface area (Å²) in [5, 5.41) is 3.30. The number of methoxy groups -OCH3 is 1. The van der Waals surface area contributed by atoms with Crippen LogP contribution in [0.3, 0.4) is 0 Å². The number of aryl methyl sites for hydroxylation is 1. The van der Waals surface area contributed by atoms with Crippen LogP contribution in [0.25, 0.3) is 0 Å². The Labute approximate surface area is 103 Å². The highest BCUT2D eigenvalue weighted by molar-refractivity contribution is 5.69. The number of carbonyl (C=O) groups excluding carboxylic acids is 1. The first kappa shape index (κ1) is 13.7. The maximum Gasteiger partial charge on any atom is 0.307 e. The van der Waals surface area contributed by atoms with Crippen molar-refractivity contribution in [3.05, 3.63) is 35.4 Å². The predicted octanol–water partition coefficient (Wildman–Crippen LogP) is 2.29. The lowest BCUT2D eigenvalue weighted by atomic mass is 10.1. The van der Waals surface area contributed by atoms with Crippen LogP contribution in [0, 0.1) is 0 Å². The Morgan fingerprint density at radius 2 is 1.88 bits per heavy atom. The molecule has 17 heavy (non-hydrogen) atoms. The number of benzene rings is 1. The second-order valence-corrected chi connectivity index (χ2v) is 4.23. The fourth-order valence-electron chi connectivity index (χ4n) is 1.59. The number of nitrogens with one attached hydrogen (secondary N) is 1. The molecule has 0 radical (unpaired) electrons. The molecule has 0 bridgehead atoms. The van der Waals surface area contributed by atoms with Gasteiger partial charge < -0.3 is 10.1 Å². The Morgan fingerprint density at radius 1 is 1.29 bits per heavy atom. The molecule has 0 aliphatic heterocycles. The molecular formula is C14H21NO2. The van der Waals surface area contributed by atoms with Crippen LogP contribution < -0.4 is 5.32 Å². The summed E-state index contributed by atoms with van der Waals surface area (Å²) in [7, 11) is 1.42. The zero-order valence-corrected chi connectivity index (χ0v) is 10.8. The van der Waals surface area contributed by atoms with E-state index in [4.69, 9.17) is 0 Å². The Morgan fingerprint density at radius 3 is 2.41 bits per heavy atom. The Balaban J connectivity index is 2.36. The number of carbonyl (C=O) groups is 1. The van der Waals surface area contributed by atoms with Crippen molar-refractivity contribution < 1.29 is 9.53 Å². The summed E-state index contributed by atoms with van der Waals surface area (Å²) in [6, 6.07) is 8.66. The van der Waals surface area contributed by atoms with Gasteiger partial charge in [-0.2, -0.15) is 0 Å². The molecule has 1 atom stereocenters. The molecule has 0 heterocycles. The molecule has 0 aromatic heterocycles. The van der Waals surface area contributed by atoms with E-state index in [-0.39, 0.29) is 12.0 Å². The SMILES string of the molecule is CCc1ccc(CNC(C)CC(=O)OC)cc1. The normalized spacial score (nSPS) is 12.2. The van der Waals surface area contributed by atoms with Crippen molar-refractivity contribution in [3.63, 3.8) is 0 Å². The van der Waals surface area contributed by atoms with Crippen molar-refractivity contribution in [2.45, 2.75) is 39.3 Å². The molecule has 0 spiro atoms. The molecule has 1 N–H and O–H groups in total. The minimum Gasteiger partial charge on any atom is -0.469 e. The molecule has 1 unspecified atom stereocenters. The lowest BCUT2D eigenvalue weighted by molar-refractivity contribution is -0.141. The number of rotatable bonds is 6. The highest BCUT2D eigenvalue weighted by atomic mass is 16.5. The fraction of sp³-hybridized carbons (Fsp3) is 0.500. The Bertz CT molecular complexity index is 346. The first-order valence-corrected chi connectivity index (χ1v) is 6.03. The van der Waals surface area contributed by atoms with Gasteiger partial charge in [0.05, 0.1) is 13.5 Å². The van der Waals surface area contributed by atoms with Gasteiger partial charge in [0.2, 0.25) is 0 Å². The van der Waals surface area contributed by atoms with E-state index in [0.29, 0.717) is 6.42 Å². The van der Waals surface area contributed by atoms with Gasteiger partial charge in [0.1, 0.15) is 0 Å². The molecule has 3 heteroatoms. The molecule has 1 aromatic carbocycles. The van der Waals surface area contributed by atoms with Crippen LogP contribution in [0.15, 0.2) is 24.3 Å². The third-order valence-corrected chi connectivity index (χ3v) is 2.79. The van der Waals surface area contributed by atoms with Gasteiger partial charge in [0, 0.05) is 12.6 Å². The third kappa shape index (κ3) is 5.00. The summed E-state index contributed by atoms with van der Waals surface area (Å²) in [6.07, 6.45) is 1.47. The monoisotopic (exact) mass is 235 g/mol. The average Bonchev–Trinajstić information content (AvgIpc) is 2.36. The zero-order valence-electron chi connectivity index (χ0n) is 10.8. The fourth-order valence-corrected chi connectivity index (χ4v) is 1.59. The van der Waals surface area contributed by atoms with E-state index in [9.17, 15) is 4.79 Å². The minimum absolute atomic E-state index is 0.133. The van der Waals surface area contributed by atoms with Gasteiger partial charge >= 0.3 is 5.97 Å². The van der Waals surface area contributed by atoms with Crippen LogP contribution in [0.1, 0.15) is 31.4 Å². The second-order valence-electron chi connectivity index (χ2n) is 4.23. The van der Waals surface area contributed by atoms with Crippen LogP contribution in [-0.2, 0) is 22.5 Å². The molecule has 94 valence electrons. The lowest BCUT2D eigenvalue weighted by Gasteiger charge is -2.12.